The normalized spacial score (nSPS) is 12.1. The first-order valence-electron chi connectivity index (χ1n) is 10.8. The molecule has 0 saturated carbocycles. The standard InChI is InChI=1S/C25H26ClF2N5O/c1-5-8-17(6-2)29-14-22-30-31-23(15-32(3)4)33(22)21-12-11-16(26)13-18(21)25(34)24-19(27)9-7-10-20(24)28/h1,7,9-13,17,29H,6,8,14-15H2,2-4H3. The zero-order valence-electron chi connectivity index (χ0n) is 19.3. The van der Waals surface area contributed by atoms with Crippen LogP contribution < -0.4 is 5.32 Å². The summed E-state index contributed by atoms with van der Waals surface area (Å²) in [4.78, 5) is 15.3. The van der Waals surface area contributed by atoms with Crippen LogP contribution in [0.3, 0.4) is 0 Å². The van der Waals surface area contributed by atoms with Gasteiger partial charge in [0.25, 0.3) is 0 Å². The van der Waals surface area contributed by atoms with E-state index in [2.05, 4.69) is 21.4 Å². The molecule has 1 unspecified atom stereocenters. The van der Waals surface area contributed by atoms with E-state index in [1.54, 1.807) is 16.7 Å². The van der Waals surface area contributed by atoms with Gasteiger partial charge in [0.2, 0.25) is 5.78 Å². The molecule has 1 N–H and O–H groups in total. The van der Waals surface area contributed by atoms with Gasteiger partial charge in [-0.2, -0.15) is 0 Å². The van der Waals surface area contributed by atoms with Crippen molar-refractivity contribution in [1.82, 2.24) is 25.0 Å². The van der Waals surface area contributed by atoms with Gasteiger partial charge >= 0.3 is 0 Å². The number of nitrogens with zero attached hydrogens (tertiary/aromatic N) is 4. The van der Waals surface area contributed by atoms with Crippen molar-refractivity contribution >= 4 is 17.4 Å². The summed E-state index contributed by atoms with van der Waals surface area (Å²) in [7, 11) is 3.75. The van der Waals surface area contributed by atoms with E-state index in [0.29, 0.717) is 36.8 Å². The van der Waals surface area contributed by atoms with Crippen molar-refractivity contribution in [1.29, 1.82) is 0 Å². The van der Waals surface area contributed by atoms with Crippen molar-refractivity contribution in [2.45, 2.75) is 38.9 Å². The Hall–Kier alpha value is -3.12. The molecule has 1 heterocycles. The van der Waals surface area contributed by atoms with Crippen LogP contribution in [0.1, 0.15) is 47.3 Å². The monoisotopic (exact) mass is 485 g/mol. The fourth-order valence-corrected chi connectivity index (χ4v) is 3.78. The molecular weight excluding hydrogens is 460 g/mol. The number of hydrogen-bond acceptors (Lipinski definition) is 5. The Labute approximate surface area is 202 Å². The lowest BCUT2D eigenvalue weighted by molar-refractivity contribution is 0.103. The molecule has 178 valence electrons. The number of aromatic nitrogens is 3. The van der Waals surface area contributed by atoms with E-state index in [4.69, 9.17) is 18.0 Å². The summed E-state index contributed by atoms with van der Waals surface area (Å²) >= 11 is 6.19. The highest BCUT2D eigenvalue weighted by atomic mass is 35.5. The number of nitrogens with one attached hydrogen (secondary N) is 1. The van der Waals surface area contributed by atoms with Crippen LogP contribution in [0, 0.1) is 24.0 Å². The molecule has 3 aromatic rings. The van der Waals surface area contributed by atoms with E-state index in [1.165, 1.54) is 12.1 Å². The maximum Gasteiger partial charge on any atom is 0.201 e. The van der Waals surface area contributed by atoms with E-state index >= 15 is 0 Å². The molecular formula is C25H26ClF2N5O. The van der Waals surface area contributed by atoms with Crippen LogP contribution in [-0.2, 0) is 13.1 Å². The molecule has 9 heteroatoms. The summed E-state index contributed by atoms with van der Waals surface area (Å²) in [5.74, 6) is 1.01. The molecule has 0 spiro atoms. The smallest absolute Gasteiger partial charge is 0.201 e. The summed E-state index contributed by atoms with van der Waals surface area (Å²) < 4.78 is 30.6. The quantitative estimate of drug-likeness (QED) is 0.341. The van der Waals surface area contributed by atoms with Gasteiger partial charge in [-0.25, -0.2) is 8.78 Å². The Balaban J connectivity index is 2.14. The third kappa shape index (κ3) is 5.68. The Morgan fingerprint density at radius 3 is 2.50 bits per heavy atom. The highest BCUT2D eigenvalue weighted by Gasteiger charge is 2.25. The van der Waals surface area contributed by atoms with E-state index in [9.17, 15) is 13.6 Å². The Kier molecular flexibility index (Phi) is 8.51. The predicted molar refractivity (Wildman–Crippen MR) is 128 cm³/mol. The van der Waals surface area contributed by atoms with E-state index in [1.807, 2.05) is 25.9 Å². The minimum Gasteiger partial charge on any atom is -0.306 e. The number of terminal acetylenes is 1. The largest absolute Gasteiger partial charge is 0.306 e. The van der Waals surface area contributed by atoms with E-state index in [0.717, 1.165) is 18.6 Å². The van der Waals surface area contributed by atoms with Gasteiger partial charge < -0.3 is 10.2 Å². The number of rotatable bonds is 10. The molecule has 1 aromatic heterocycles. The topological polar surface area (TPSA) is 63.1 Å². The zero-order chi connectivity index (χ0) is 24.8. The fraction of sp³-hybridized carbons (Fsp3) is 0.320. The van der Waals surface area contributed by atoms with Gasteiger partial charge in [-0.1, -0.05) is 24.6 Å². The molecule has 34 heavy (non-hydrogen) atoms. The maximum atomic E-state index is 14.5. The van der Waals surface area contributed by atoms with Crippen molar-refractivity contribution in [3.63, 3.8) is 0 Å². The summed E-state index contributed by atoms with van der Waals surface area (Å²) in [6, 6.07) is 8.00. The number of halogens is 3. The molecule has 2 aromatic carbocycles. The van der Waals surface area contributed by atoms with Gasteiger partial charge in [-0.05, 0) is 50.8 Å². The Morgan fingerprint density at radius 1 is 1.21 bits per heavy atom. The molecule has 0 aliphatic carbocycles. The second kappa shape index (κ2) is 11.3. The molecule has 0 amide bonds. The maximum absolute atomic E-state index is 14.5. The summed E-state index contributed by atoms with van der Waals surface area (Å²) in [6.07, 6.45) is 6.83. The van der Waals surface area contributed by atoms with E-state index < -0.39 is 23.0 Å². The van der Waals surface area contributed by atoms with E-state index in [-0.39, 0.29) is 16.6 Å². The lowest BCUT2D eigenvalue weighted by Crippen LogP contribution is -2.29. The fourth-order valence-electron chi connectivity index (χ4n) is 3.60. The molecule has 0 fully saturated rings. The summed E-state index contributed by atoms with van der Waals surface area (Å²) in [5, 5.41) is 12.3. The number of benzene rings is 2. The highest BCUT2D eigenvalue weighted by Crippen LogP contribution is 2.27. The first kappa shape index (κ1) is 25.5. The first-order chi connectivity index (χ1) is 16.3. The minimum absolute atomic E-state index is 0.0354. The third-order valence-corrected chi connectivity index (χ3v) is 5.53. The lowest BCUT2D eigenvalue weighted by Gasteiger charge is -2.18. The zero-order valence-corrected chi connectivity index (χ0v) is 20.0. The van der Waals surface area contributed by atoms with Crippen LogP contribution in [0.4, 0.5) is 8.78 Å². The number of hydrogen-bond donors (Lipinski definition) is 1. The predicted octanol–water partition coefficient (Wildman–Crippen LogP) is 4.38. The van der Waals surface area contributed by atoms with Gasteiger partial charge in [0.05, 0.1) is 24.3 Å². The average molecular weight is 486 g/mol. The molecule has 6 nitrogen and oxygen atoms in total. The second-order valence-corrected chi connectivity index (χ2v) is 8.52. The number of carbonyl (C=O) groups is 1. The number of carbonyl (C=O) groups excluding carboxylic acids is 1. The third-order valence-electron chi connectivity index (χ3n) is 5.29. The molecule has 0 bridgehead atoms. The van der Waals surface area contributed by atoms with Crippen molar-refractivity contribution < 1.29 is 13.6 Å². The molecule has 0 radical (unpaired) electrons. The molecule has 0 saturated heterocycles. The van der Waals surface area contributed by atoms with Gasteiger partial charge in [0.1, 0.15) is 11.6 Å². The minimum atomic E-state index is -0.949. The SMILES string of the molecule is C#CCC(CC)NCc1nnc(CN(C)C)n1-c1ccc(Cl)cc1C(=O)c1c(F)cccc1F. The summed E-state index contributed by atoms with van der Waals surface area (Å²) in [5.41, 5.74) is -0.234. The molecule has 3 rings (SSSR count). The highest BCUT2D eigenvalue weighted by molar-refractivity contribution is 6.31. The van der Waals surface area contributed by atoms with Crippen LogP contribution in [0.25, 0.3) is 5.69 Å². The number of ketones is 1. The Morgan fingerprint density at radius 2 is 1.88 bits per heavy atom. The lowest BCUT2D eigenvalue weighted by atomic mass is 10.00. The van der Waals surface area contributed by atoms with Gasteiger partial charge in [-0.15, -0.1) is 22.5 Å². The van der Waals surface area contributed by atoms with Crippen molar-refractivity contribution in [3.8, 4) is 18.0 Å². The molecule has 0 aliphatic rings. The second-order valence-electron chi connectivity index (χ2n) is 8.09. The van der Waals surface area contributed by atoms with Crippen LogP contribution in [-0.4, -0.2) is 45.6 Å². The van der Waals surface area contributed by atoms with Crippen LogP contribution in [0.5, 0.6) is 0 Å². The summed E-state index contributed by atoms with van der Waals surface area (Å²) in [6.45, 7) is 2.76. The van der Waals surface area contributed by atoms with Crippen LogP contribution >= 0.6 is 11.6 Å². The van der Waals surface area contributed by atoms with Gasteiger partial charge in [0, 0.05) is 23.0 Å². The average Bonchev–Trinajstić information content (AvgIpc) is 3.17. The first-order valence-corrected chi connectivity index (χ1v) is 11.2. The van der Waals surface area contributed by atoms with Gasteiger partial charge in [0.15, 0.2) is 11.6 Å². The van der Waals surface area contributed by atoms with Crippen LogP contribution in [0.2, 0.25) is 5.02 Å². The molecule has 1 atom stereocenters. The van der Waals surface area contributed by atoms with Crippen molar-refractivity contribution in [3.05, 3.63) is 75.8 Å². The van der Waals surface area contributed by atoms with Crippen molar-refractivity contribution in [2.24, 2.45) is 0 Å². The van der Waals surface area contributed by atoms with Crippen LogP contribution in [0.15, 0.2) is 36.4 Å². The Bertz CT molecular complexity index is 1200. The van der Waals surface area contributed by atoms with Crippen molar-refractivity contribution in [2.75, 3.05) is 14.1 Å². The molecule has 0 aliphatic heterocycles. The van der Waals surface area contributed by atoms with Gasteiger partial charge in [-0.3, -0.25) is 9.36 Å².